The predicted molar refractivity (Wildman–Crippen MR) is 77.5 cm³/mol. The molecule has 0 N–H and O–H groups in total. The summed E-state index contributed by atoms with van der Waals surface area (Å²) >= 11 is 11.6. The molecule has 0 radical (unpaired) electrons. The standard InChI is InChI=1S/C14H14Cl2O5/c1-3-20-13(18)11(14(19)21-4-2)12(17)8-5-9(15)7-10(16)6-8/h5-7,11H,3-4H2,1-2H3. The van der Waals surface area contributed by atoms with Gasteiger partial charge in [0.1, 0.15) is 0 Å². The molecule has 0 aliphatic rings. The fourth-order valence-corrected chi connectivity index (χ4v) is 2.15. The highest BCUT2D eigenvalue weighted by Gasteiger charge is 2.37. The van der Waals surface area contributed by atoms with Crippen LogP contribution in [0.3, 0.4) is 0 Å². The lowest BCUT2D eigenvalue weighted by molar-refractivity contribution is -0.158. The molecule has 114 valence electrons. The van der Waals surface area contributed by atoms with Crippen molar-refractivity contribution in [2.24, 2.45) is 5.92 Å². The predicted octanol–water partition coefficient (Wildman–Crippen LogP) is 2.92. The first kappa shape index (κ1) is 17.5. The van der Waals surface area contributed by atoms with E-state index < -0.39 is 23.6 Å². The van der Waals surface area contributed by atoms with Gasteiger partial charge in [-0.1, -0.05) is 23.2 Å². The van der Waals surface area contributed by atoms with Gasteiger partial charge in [0.25, 0.3) is 0 Å². The number of rotatable bonds is 6. The lowest BCUT2D eigenvalue weighted by atomic mass is 9.97. The van der Waals surface area contributed by atoms with Crippen LogP contribution in [-0.2, 0) is 19.1 Å². The minimum absolute atomic E-state index is 0.0400. The monoisotopic (exact) mass is 332 g/mol. The summed E-state index contributed by atoms with van der Waals surface area (Å²) in [6, 6.07) is 4.08. The largest absolute Gasteiger partial charge is 0.465 e. The van der Waals surface area contributed by atoms with Crippen LogP contribution in [0, 0.1) is 5.92 Å². The topological polar surface area (TPSA) is 69.7 Å². The fourth-order valence-electron chi connectivity index (χ4n) is 1.62. The third kappa shape index (κ3) is 4.72. The maximum atomic E-state index is 12.4. The van der Waals surface area contributed by atoms with E-state index in [1.165, 1.54) is 18.2 Å². The van der Waals surface area contributed by atoms with Crippen molar-refractivity contribution >= 4 is 40.9 Å². The highest BCUT2D eigenvalue weighted by Crippen LogP contribution is 2.22. The van der Waals surface area contributed by atoms with Crippen LogP contribution in [0.15, 0.2) is 18.2 Å². The van der Waals surface area contributed by atoms with Crippen molar-refractivity contribution in [3.63, 3.8) is 0 Å². The van der Waals surface area contributed by atoms with Gasteiger partial charge in [0, 0.05) is 15.6 Å². The number of hydrogen-bond donors (Lipinski definition) is 0. The summed E-state index contributed by atoms with van der Waals surface area (Å²) < 4.78 is 9.50. The Kier molecular flexibility index (Phi) is 6.65. The molecule has 7 heteroatoms. The third-order valence-corrected chi connectivity index (χ3v) is 2.89. The van der Waals surface area contributed by atoms with E-state index >= 15 is 0 Å². The van der Waals surface area contributed by atoms with Crippen LogP contribution in [0.5, 0.6) is 0 Å². The third-order valence-electron chi connectivity index (χ3n) is 2.45. The van der Waals surface area contributed by atoms with Crippen LogP contribution in [-0.4, -0.2) is 30.9 Å². The van der Waals surface area contributed by atoms with Crippen LogP contribution in [0.1, 0.15) is 24.2 Å². The maximum Gasteiger partial charge on any atom is 0.328 e. The molecule has 0 bridgehead atoms. The van der Waals surface area contributed by atoms with Gasteiger partial charge in [0.15, 0.2) is 5.78 Å². The Balaban J connectivity index is 3.15. The molecule has 0 unspecified atom stereocenters. The molecule has 0 aliphatic heterocycles. The Labute approximate surface area is 132 Å². The first-order valence-electron chi connectivity index (χ1n) is 6.24. The van der Waals surface area contributed by atoms with E-state index in [2.05, 4.69) is 0 Å². The zero-order valence-electron chi connectivity index (χ0n) is 11.5. The summed E-state index contributed by atoms with van der Waals surface area (Å²) in [5.41, 5.74) is 0.0404. The van der Waals surface area contributed by atoms with Crippen LogP contribution in [0.2, 0.25) is 10.0 Å². The van der Waals surface area contributed by atoms with E-state index in [-0.39, 0.29) is 28.8 Å². The van der Waals surface area contributed by atoms with Crippen molar-refractivity contribution in [1.29, 1.82) is 0 Å². The first-order valence-corrected chi connectivity index (χ1v) is 6.99. The van der Waals surface area contributed by atoms with E-state index in [0.717, 1.165) is 0 Å². The zero-order chi connectivity index (χ0) is 16.0. The number of hydrogen-bond acceptors (Lipinski definition) is 5. The number of carbonyl (C=O) groups is 3. The van der Waals surface area contributed by atoms with Gasteiger partial charge in [0.05, 0.1) is 13.2 Å². The van der Waals surface area contributed by atoms with E-state index in [1.807, 2.05) is 0 Å². The quantitative estimate of drug-likeness (QED) is 0.455. The maximum absolute atomic E-state index is 12.4. The number of Topliss-reactive ketones (excluding diaryl/α,β-unsaturated/α-hetero) is 1. The van der Waals surface area contributed by atoms with Crippen molar-refractivity contribution in [2.45, 2.75) is 13.8 Å². The molecule has 0 saturated heterocycles. The SMILES string of the molecule is CCOC(=O)C(C(=O)OCC)C(=O)c1cc(Cl)cc(Cl)c1. The number of esters is 2. The van der Waals surface area contributed by atoms with Crippen molar-refractivity contribution in [1.82, 2.24) is 0 Å². The lowest BCUT2D eigenvalue weighted by Crippen LogP contribution is -2.35. The Bertz CT molecular complexity index is 518. The second-order valence-corrected chi connectivity index (χ2v) is 4.83. The van der Waals surface area contributed by atoms with Gasteiger partial charge in [-0.25, -0.2) is 0 Å². The van der Waals surface area contributed by atoms with Crippen molar-refractivity contribution < 1.29 is 23.9 Å². The van der Waals surface area contributed by atoms with Crippen molar-refractivity contribution in [3.05, 3.63) is 33.8 Å². The van der Waals surface area contributed by atoms with Crippen molar-refractivity contribution in [3.8, 4) is 0 Å². The van der Waals surface area contributed by atoms with Gasteiger partial charge in [-0.3, -0.25) is 14.4 Å². The molecule has 5 nitrogen and oxygen atoms in total. The number of halogens is 2. The Morgan fingerprint density at radius 1 is 0.952 bits per heavy atom. The summed E-state index contributed by atoms with van der Waals surface area (Å²) in [4.78, 5) is 36.0. The molecular weight excluding hydrogens is 319 g/mol. The van der Waals surface area contributed by atoms with Crippen LogP contribution < -0.4 is 0 Å². The molecule has 21 heavy (non-hydrogen) atoms. The molecule has 1 aromatic rings. The van der Waals surface area contributed by atoms with E-state index in [9.17, 15) is 14.4 Å². The minimum Gasteiger partial charge on any atom is -0.465 e. The number of ether oxygens (including phenoxy) is 2. The summed E-state index contributed by atoms with van der Waals surface area (Å²) in [6.45, 7) is 3.22. The van der Waals surface area contributed by atoms with E-state index in [0.29, 0.717) is 0 Å². The summed E-state index contributed by atoms with van der Waals surface area (Å²) in [6.07, 6.45) is 0. The fraction of sp³-hybridized carbons (Fsp3) is 0.357. The normalized spacial score (nSPS) is 10.3. The highest BCUT2D eigenvalue weighted by atomic mass is 35.5. The van der Waals surface area contributed by atoms with Crippen molar-refractivity contribution in [2.75, 3.05) is 13.2 Å². The number of carbonyl (C=O) groups excluding carboxylic acids is 3. The lowest BCUT2D eigenvalue weighted by Gasteiger charge is -2.13. The average Bonchev–Trinajstić information content (AvgIpc) is 2.38. The number of ketones is 1. The molecule has 0 fully saturated rings. The molecule has 0 saturated carbocycles. The Morgan fingerprint density at radius 2 is 1.38 bits per heavy atom. The van der Waals surface area contributed by atoms with Gasteiger partial charge < -0.3 is 9.47 Å². The molecule has 0 aromatic heterocycles. The summed E-state index contributed by atoms with van der Waals surface area (Å²) in [5, 5.41) is 0.439. The molecule has 1 rings (SSSR count). The van der Waals surface area contributed by atoms with E-state index in [4.69, 9.17) is 32.7 Å². The molecular formula is C14H14Cl2O5. The second-order valence-electron chi connectivity index (χ2n) is 3.96. The number of benzene rings is 1. The minimum atomic E-state index is -1.68. The molecule has 0 heterocycles. The van der Waals surface area contributed by atoms with Crippen LogP contribution >= 0.6 is 23.2 Å². The van der Waals surface area contributed by atoms with Gasteiger partial charge in [0.2, 0.25) is 5.92 Å². The first-order chi connectivity index (χ1) is 9.90. The van der Waals surface area contributed by atoms with Gasteiger partial charge in [-0.05, 0) is 32.0 Å². The molecule has 1 aromatic carbocycles. The smallest absolute Gasteiger partial charge is 0.328 e. The summed E-state index contributed by atoms with van der Waals surface area (Å²) in [5.74, 6) is -4.37. The van der Waals surface area contributed by atoms with Gasteiger partial charge in [-0.15, -0.1) is 0 Å². The molecule has 0 atom stereocenters. The molecule has 0 spiro atoms. The van der Waals surface area contributed by atoms with E-state index in [1.54, 1.807) is 13.8 Å². The molecule has 0 amide bonds. The summed E-state index contributed by atoms with van der Waals surface area (Å²) in [7, 11) is 0. The molecule has 0 aliphatic carbocycles. The zero-order valence-corrected chi connectivity index (χ0v) is 13.0. The second kappa shape index (κ2) is 8.00. The van der Waals surface area contributed by atoms with Gasteiger partial charge in [-0.2, -0.15) is 0 Å². The Morgan fingerprint density at radius 3 is 1.76 bits per heavy atom. The average molecular weight is 333 g/mol. The van der Waals surface area contributed by atoms with Gasteiger partial charge >= 0.3 is 11.9 Å². The van der Waals surface area contributed by atoms with Crippen LogP contribution in [0.4, 0.5) is 0 Å². The Hall–Kier alpha value is -1.59. The van der Waals surface area contributed by atoms with Crippen LogP contribution in [0.25, 0.3) is 0 Å². The highest BCUT2D eigenvalue weighted by molar-refractivity contribution is 6.35.